The Morgan fingerprint density at radius 1 is 1.25 bits per heavy atom. The van der Waals surface area contributed by atoms with Gasteiger partial charge in [-0.15, -0.1) is 0 Å². The maximum atomic E-state index is 3.77. The van der Waals surface area contributed by atoms with Crippen LogP contribution in [-0.2, 0) is 25.8 Å². The summed E-state index contributed by atoms with van der Waals surface area (Å²) < 4.78 is 0. The van der Waals surface area contributed by atoms with Crippen LogP contribution in [-0.4, -0.2) is 0 Å². The molecule has 0 spiro atoms. The summed E-state index contributed by atoms with van der Waals surface area (Å²) in [7, 11) is 0. The molecule has 0 saturated heterocycles. The second kappa shape index (κ2) is 4.25. The SMILES string of the molecule is [CH2]CC1C=CC=C1.[Hf]. The minimum absolute atomic E-state index is 0. The number of allylic oxidation sites excluding steroid dienone is 4. The van der Waals surface area contributed by atoms with Gasteiger partial charge in [0.2, 0.25) is 0 Å². The van der Waals surface area contributed by atoms with Crippen LogP contribution in [0.3, 0.4) is 0 Å². The van der Waals surface area contributed by atoms with Crippen LogP contribution in [0.1, 0.15) is 6.42 Å². The fourth-order valence-corrected chi connectivity index (χ4v) is 0.670. The predicted molar refractivity (Wildman–Crippen MR) is 31.7 cm³/mol. The van der Waals surface area contributed by atoms with Crippen LogP contribution in [0.5, 0.6) is 0 Å². The monoisotopic (exact) mass is 273 g/mol. The zero-order valence-electron chi connectivity index (χ0n) is 4.80. The average Bonchev–Trinajstić information content (AvgIpc) is 2.14. The average molecular weight is 272 g/mol. The van der Waals surface area contributed by atoms with E-state index in [0.29, 0.717) is 5.92 Å². The van der Waals surface area contributed by atoms with Gasteiger partial charge in [-0.1, -0.05) is 31.2 Å². The number of hydrogen-bond donors (Lipinski definition) is 0. The Morgan fingerprint density at radius 3 is 2.00 bits per heavy atom. The minimum Gasteiger partial charge on any atom is -0.0776 e. The molecule has 0 amide bonds. The first-order valence-corrected chi connectivity index (χ1v) is 2.57. The van der Waals surface area contributed by atoms with Crippen molar-refractivity contribution in [2.24, 2.45) is 5.92 Å². The van der Waals surface area contributed by atoms with Gasteiger partial charge in [-0.2, -0.15) is 0 Å². The second-order valence-corrected chi connectivity index (χ2v) is 1.72. The maximum absolute atomic E-state index is 3.77. The van der Waals surface area contributed by atoms with E-state index in [1.807, 2.05) is 0 Å². The zero-order chi connectivity index (χ0) is 5.11. The third-order valence-corrected chi connectivity index (χ3v) is 1.16. The molecule has 0 aromatic carbocycles. The summed E-state index contributed by atoms with van der Waals surface area (Å²) in [5.41, 5.74) is 0. The third-order valence-electron chi connectivity index (χ3n) is 1.16. The molecule has 1 aliphatic rings. The van der Waals surface area contributed by atoms with Crippen molar-refractivity contribution in [3.63, 3.8) is 0 Å². The van der Waals surface area contributed by atoms with Gasteiger partial charge in [0.05, 0.1) is 0 Å². The first-order valence-electron chi connectivity index (χ1n) is 2.57. The van der Waals surface area contributed by atoms with Crippen molar-refractivity contribution in [2.45, 2.75) is 6.42 Å². The molecular weight excluding hydrogens is 263 g/mol. The molecule has 8 heavy (non-hydrogen) atoms. The molecule has 0 atom stereocenters. The minimum atomic E-state index is 0. The molecule has 0 heterocycles. The van der Waals surface area contributed by atoms with Crippen LogP contribution in [0, 0.1) is 12.8 Å². The molecule has 0 aromatic heterocycles. The largest absolute Gasteiger partial charge is 0.0776 e. The molecule has 0 aromatic rings. The van der Waals surface area contributed by atoms with Gasteiger partial charge in [0.15, 0.2) is 0 Å². The van der Waals surface area contributed by atoms with Gasteiger partial charge in [-0.3, -0.25) is 0 Å². The summed E-state index contributed by atoms with van der Waals surface area (Å²) in [4.78, 5) is 0. The Balaban J connectivity index is 0.000000490. The van der Waals surface area contributed by atoms with Crippen molar-refractivity contribution in [3.8, 4) is 0 Å². The van der Waals surface area contributed by atoms with Crippen LogP contribution in [0.15, 0.2) is 24.3 Å². The van der Waals surface area contributed by atoms with Crippen molar-refractivity contribution in [3.05, 3.63) is 31.2 Å². The summed E-state index contributed by atoms with van der Waals surface area (Å²) in [5.74, 6) is 0.625. The van der Waals surface area contributed by atoms with Crippen LogP contribution in [0.25, 0.3) is 0 Å². The van der Waals surface area contributed by atoms with E-state index in [9.17, 15) is 0 Å². The summed E-state index contributed by atoms with van der Waals surface area (Å²) in [6.07, 6.45) is 9.44. The standard InChI is InChI=1S/C7H9.Hf/c1-2-7-5-3-4-6-7;/h3-7H,1-2H2;. The van der Waals surface area contributed by atoms with E-state index in [1.165, 1.54) is 0 Å². The molecule has 0 bridgehead atoms. The van der Waals surface area contributed by atoms with E-state index in [-0.39, 0.29) is 25.8 Å². The van der Waals surface area contributed by atoms with E-state index >= 15 is 0 Å². The van der Waals surface area contributed by atoms with E-state index in [1.54, 1.807) is 0 Å². The van der Waals surface area contributed by atoms with Crippen molar-refractivity contribution in [1.82, 2.24) is 0 Å². The molecule has 41 valence electrons. The molecule has 0 nitrogen and oxygen atoms in total. The van der Waals surface area contributed by atoms with Crippen molar-refractivity contribution in [2.75, 3.05) is 0 Å². The maximum Gasteiger partial charge on any atom is 0 e. The van der Waals surface area contributed by atoms with Crippen molar-refractivity contribution >= 4 is 0 Å². The summed E-state index contributed by atoms with van der Waals surface area (Å²) >= 11 is 0. The van der Waals surface area contributed by atoms with E-state index in [2.05, 4.69) is 31.2 Å². The Morgan fingerprint density at radius 2 is 1.75 bits per heavy atom. The topological polar surface area (TPSA) is 0 Å². The quantitative estimate of drug-likeness (QED) is 0.640. The van der Waals surface area contributed by atoms with Gasteiger partial charge in [0, 0.05) is 25.8 Å². The molecule has 0 unspecified atom stereocenters. The van der Waals surface area contributed by atoms with Gasteiger partial charge >= 0.3 is 0 Å². The van der Waals surface area contributed by atoms with E-state index < -0.39 is 0 Å². The van der Waals surface area contributed by atoms with Crippen LogP contribution in [0.2, 0.25) is 0 Å². The molecular formula is C7H9Hf. The van der Waals surface area contributed by atoms with Gasteiger partial charge in [-0.25, -0.2) is 0 Å². The molecule has 1 rings (SSSR count). The summed E-state index contributed by atoms with van der Waals surface area (Å²) in [6.45, 7) is 3.77. The Kier molecular flexibility index (Phi) is 4.44. The van der Waals surface area contributed by atoms with Crippen LogP contribution in [0.4, 0.5) is 0 Å². The Labute approximate surface area is 69.5 Å². The van der Waals surface area contributed by atoms with Gasteiger partial charge in [0.1, 0.15) is 0 Å². The smallest absolute Gasteiger partial charge is 0 e. The predicted octanol–water partition coefficient (Wildman–Crippen LogP) is 1.95. The van der Waals surface area contributed by atoms with E-state index in [4.69, 9.17) is 0 Å². The zero-order valence-corrected chi connectivity index (χ0v) is 8.39. The first-order chi connectivity index (χ1) is 3.43. The Bertz CT molecular complexity index is 91.0. The second-order valence-electron chi connectivity index (χ2n) is 1.72. The number of rotatable bonds is 1. The van der Waals surface area contributed by atoms with Crippen molar-refractivity contribution < 1.29 is 25.8 Å². The van der Waals surface area contributed by atoms with Gasteiger partial charge in [-0.05, 0) is 12.3 Å². The Hall–Kier alpha value is 0.350. The molecule has 1 radical (unpaired) electrons. The fraction of sp³-hybridized carbons (Fsp3) is 0.286. The van der Waals surface area contributed by atoms with Gasteiger partial charge < -0.3 is 0 Å². The molecule has 1 aliphatic carbocycles. The molecule has 0 saturated carbocycles. The molecule has 0 N–H and O–H groups in total. The molecule has 1 heteroatoms. The first kappa shape index (κ1) is 8.35. The molecule has 0 aliphatic heterocycles. The normalized spacial score (nSPS) is 16.6. The summed E-state index contributed by atoms with van der Waals surface area (Å²) in [5, 5.41) is 0. The summed E-state index contributed by atoms with van der Waals surface area (Å²) in [6, 6.07) is 0. The van der Waals surface area contributed by atoms with Crippen LogP contribution < -0.4 is 0 Å². The third kappa shape index (κ3) is 2.08. The van der Waals surface area contributed by atoms with E-state index in [0.717, 1.165) is 6.42 Å². The number of hydrogen-bond acceptors (Lipinski definition) is 0. The van der Waals surface area contributed by atoms with Gasteiger partial charge in [0.25, 0.3) is 0 Å². The van der Waals surface area contributed by atoms with Crippen LogP contribution >= 0.6 is 0 Å². The fourth-order valence-electron chi connectivity index (χ4n) is 0.670. The van der Waals surface area contributed by atoms with Crippen molar-refractivity contribution in [1.29, 1.82) is 0 Å². The molecule has 0 fully saturated rings.